The Morgan fingerprint density at radius 3 is 1.22 bits per heavy atom. The van der Waals surface area contributed by atoms with Crippen molar-refractivity contribution in [3.05, 3.63) is 154 Å². The van der Waals surface area contributed by atoms with Gasteiger partial charge in [0.1, 0.15) is 0 Å². The summed E-state index contributed by atoms with van der Waals surface area (Å²) in [5.41, 5.74) is 13.0. The van der Waals surface area contributed by atoms with E-state index in [4.69, 9.17) is 0 Å². The topological polar surface area (TPSA) is 41.2 Å². The average Bonchev–Trinajstić information content (AvgIpc) is 3.63. The Balaban J connectivity index is 0.000000172. The minimum Gasteiger partial charge on any atom is -0.663 e. The van der Waals surface area contributed by atoms with Crippen LogP contribution in [0.2, 0.25) is 0 Å². The quantitative estimate of drug-likeness (QED) is 0.233. The molecule has 8 rings (SSSR count). The van der Waals surface area contributed by atoms with Crippen molar-refractivity contribution in [3.63, 3.8) is 0 Å². The summed E-state index contributed by atoms with van der Waals surface area (Å²) < 4.78 is 0. The molecule has 268 valence electrons. The molecule has 0 radical (unpaired) electrons. The van der Waals surface area contributed by atoms with Gasteiger partial charge in [0.15, 0.2) is 0 Å². The summed E-state index contributed by atoms with van der Waals surface area (Å²) in [6.45, 7) is 18.0. The first kappa shape index (κ1) is 37.0. The van der Waals surface area contributed by atoms with E-state index in [0.29, 0.717) is 24.2 Å². The molecule has 0 spiro atoms. The van der Waals surface area contributed by atoms with E-state index < -0.39 is 0 Å². The first-order valence-electron chi connectivity index (χ1n) is 18.8. The molecule has 2 saturated heterocycles. The maximum Gasteiger partial charge on any atom is 4.00 e. The first-order chi connectivity index (χ1) is 24.3. The molecule has 7 heteroatoms. The van der Waals surface area contributed by atoms with Crippen LogP contribution in [0, 0.1) is 54.9 Å². The Labute approximate surface area is 318 Å². The summed E-state index contributed by atoms with van der Waals surface area (Å²) in [5, 5.41) is 8.98. The van der Waals surface area contributed by atoms with Crippen LogP contribution in [0.5, 0.6) is 0 Å². The van der Waals surface area contributed by atoms with E-state index in [1.807, 2.05) is 24.6 Å². The molecule has 2 unspecified atom stereocenters. The molecule has 6 nitrogen and oxygen atoms in total. The third kappa shape index (κ3) is 8.00. The molecular formula is C44H54FeN6. The molecule has 4 fully saturated rings. The fourth-order valence-electron chi connectivity index (χ4n) is 9.23. The molecular weight excluding hydrogens is 668 g/mol. The predicted molar refractivity (Wildman–Crippen MR) is 210 cm³/mol. The molecule has 4 atom stereocenters. The van der Waals surface area contributed by atoms with Crippen LogP contribution >= 0.6 is 0 Å². The number of allylic oxidation sites excluding steroid dienone is 6. The molecule has 4 heterocycles. The normalized spacial score (nSPS) is 26.4. The Bertz CT molecular complexity index is 1580. The van der Waals surface area contributed by atoms with Gasteiger partial charge < -0.3 is 30.2 Å². The van der Waals surface area contributed by atoms with E-state index in [-0.39, 0.29) is 17.1 Å². The summed E-state index contributed by atoms with van der Waals surface area (Å²) in [6.07, 6.45) is 30.7. The van der Waals surface area contributed by atoms with Crippen LogP contribution in [-0.2, 0) is 17.1 Å². The van der Waals surface area contributed by atoms with E-state index in [1.54, 1.807) is 0 Å². The number of nitrogens with zero attached hydrogens (tertiary/aromatic N) is 6. The summed E-state index contributed by atoms with van der Waals surface area (Å²) in [6, 6.07) is 11.4. The SMILES string of the molecule is Cc1cc(C)c(N2[CH-]N(/C=C3/C=CC=C[N-]3)C3CCCC[C@H]32)c(C)c1.Cc1cc(C)c(N2[CH-]N(/C=C3/C=CC=C[N-]3)C3CCCC[C@H]32)c(C)c1.[Fe+4]. The summed E-state index contributed by atoms with van der Waals surface area (Å²) in [7, 11) is 0. The van der Waals surface area contributed by atoms with Gasteiger partial charge in [-0.05, 0) is 102 Å². The van der Waals surface area contributed by atoms with Crippen molar-refractivity contribution in [2.75, 3.05) is 9.80 Å². The van der Waals surface area contributed by atoms with Gasteiger partial charge in [-0.3, -0.25) is 0 Å². The van der Waals surface area contributed by atoms with Crippen molar-refractivity contribution in [2.24, 2.45) is 0 Å². The van der Waals surface area contributed by atoms with Crippen molar-refractivity contribution in [2.45, 2.75) is 117 Å². The summed E-state index contributed by atoms with van der Waals surface area (Å²) >= 11 is 0. The number of benzene rings is 2. The molecule has 2 saturated carbocycles. The zero-order chi connectivity index (χ0) is 34.8. The van der Waals surface area contributed by atoms with Crippen molar-refractivity contribution >= 4 is 11.4 Å². The van der Waals surface area contributed by atoms with Crippen LogP contribution in [0.15, 0.2) is 96.9 Å². The number of anilines is 2. The smallest absolute Gasteiger partial charge is 0.663 e. The second kappa shape index (κ2) is 16.3. The monoisotopic (exact) mass is 722 g/mol. The number of fused-ring (bicyclic) bond motifs is 2. The maximum atomic E-state index is 4.49. The van der Waals surface area contributed by atoms with E-state index in [2.05, 4.69) is 146 Å². The van der Waals surface area contributed by atoms with Gasteiger partial charge in [-0.25, -0.2) is 0 Å². The first-order valence-corrected chi connectivity index (χ1v) is 18.8. The van der Waals surface area contributed by atoms with Crippen LogP contribution in [-0.4, -0.2) is 34.0 Å². The molecule has 0 bridgehead atoms. The second-order valence-electron chi connectivity index (χ2n) is 15.0. The van der Waals surface area contributed by atoms with Gasteiger partial charge in [0, 0.05) is 35.5 Å². The van der Waals surface area contributed by atoms with Gasteiger partial charge in [-0.2, -0.15) is 25.7 Å². The summed E-state index contributed by atoms with van der Waals surface area (Å²) in [4.78, 5) is 9.89. The number of aryl methyl sites for hydroxylation is 6. The molecule has 2 aromatic carbocycles. The van der Waals surface area contributed by atoms with Crippen LogP contribution in [0.3, 0.4) is 0 Å². The Morgan fingerprint density at radius 1 is 0.529 bits per heavy atom. The van der Waals surface area contributed by atoms with Crippen LogP contribution in [0.1, 0.15) is 84.7 Å². The molecule has 2 aliphatic carbocycles. The molecule has 2 aromatic rings. The molecule has 0 aromatic heterocycles. The van der Waals surface area contributed by atoms with E-state index in [0.717, 1.165) is 11.4 Å². The Hall–Kier alpha value is -3.80. The van der Waals surface area contributed by atoms with Crippen molar-refractivity contribution in [3.8, 4) is 0 Å². The van der Waals surface area contributed by atoms with E-state index in [9.17, 15) is 0 Å². The van der Waals surface area contributed by atoms with Crippen molar-refractivity contribution < 1.29 is 17.1 Å². The minimum absolute atomic E-state index is 0. The molecule has 51 heavy (non-hydrogen) atoms. The zero-order valence-electron chi connectivity index (χ0n) is 31.2. The number of hydrogen-bond acceptors (Lipinski definition) is 4. The van der Waals surface area contributed by atoms with Gasteiger partial charge in [-0.15, -0.1) is 11.4 Å². The van der Waals surface area contributed by atoms with E-state index in [1.165, 1.54) is 96.1 Å². The largest absolute Gasteiger partial charge is 4.00 e. The van der Waals surface area contributed by atoms with Gasteiger partial charge in [0.25, 0.3) is 0 Å². The molecule has 6 aliphatic rings. The number of rotatable bonds is 4. The van der Waals surface area contributed by atoms with Crippen LogP contribution in [0.4, 0.5) is 11.4 Å². The van der Waals surface area contributed by atoms with Crippen LogP contribution in [0.25, 0.3) is 10.6 Å². The fourth-order valence-corrected chi connectivity index (χ4v) is 9.23. The molecule has 4 aliphatic heterocycles. The molecule has 0 amide bonds. The summed E-state index contributed by atoms with van der Waals surface area (Å²) in [5.74, 6) is 0. The van der Waals surface area contributed by atoms with Gasteiger partial charge >= 0.3 is 17.1 Å². The Kier molecular flexibility index (Phi) is 11.8. The van der Waals surface area contributed by atoms with Gasteiger partial charge in [0.2, 0.25) is 0 Å². The van der Waals surface area contributed by atoms with Crippen LogP contribution < -0.4 is 9.80 Å². The van der Waals surface area contributed by atoms with Gasteiger partial charge in [0.05, 0.1) is 0 Å². The second-order valence-corrected chi connectivity index (χ2v) is 15.0. The minimum atomic E-state index is 0. The standard InChI is InChI=1S/2C22H27N3.Fe/c2*1-16-12-17(2)22(18(3)13-16)25-15-24(14-19-8-6-7-11-23-19)20-9-4-5-10-21(20)25;/h2*6-8,11-15,20-21H,4-5,9-10H2,1-3H3;/q2*-2;+4/b2*19-14-;/t2*20?,21-;/m11./s1. The third-order valence-electron chi connectivity index (χ3n) is 11.1. The van der Waals surface area contributed by atoms with Gasteiger partial charge in [-0.1, -0.05) is 97.5 Å². The maximum absolute atomic E-state index is 4.49. The molecule has 0 N–H and O–H groups in total. The van der Waals surface area contributed by atoms with Crippen molar-refractivity contribution in [1.29, 1.82) is 0 Å². The Morgan fingerprint density at radius 2 is 0.882 bits per heavy atom. The average molecular weight is 723 g/mol. The number of hydrogen-bond donors (Lipinski definition) is 0. The predicted octanol–water partition coefficient (Wildman–Crippen LogP) is 10.9. The fraction of sp³-hybridized carbons (Fsp3) is 0.409. The zero-order valence-corrected chi connectivity index (χ0v) is 32.3. The van der Waals surface area contributed by atoms with Crippen molar-refractivity contribution in [1.82, 2.24) is 9.80 Å². The van der Waals surface area contributed by atoms with E-state index >= 15 is 0 Å². The third-order valence-corrected chi connectivity index (χ3v) is 11.1.